The van der Waals surface area contributed by atoms with Crippen molar-refractivity contribution in [3.05, 3.63) is 58.6 Å². The first kappa shape index (κ1) is 20.7. The number of nitrogens with one attached hydrogen (secondary N) is 3. The van der Waals surface area contributed by atoms with Gasteiger partial charge < -0.3 is 10.6 Å². The number of halogens is 4. The van der Waals surface area contributed by atoms with Crippen molar-refractivity contribution >= 4 is 52.4 Å². The number of rotatable bonds is 4. The van der Waals surface area contributed by atoms with Gasteiger partial charge in [-0.05, 0) is 48.1 Å². The smallest absolute Gasteiger partial charge is 0.330 e. The summed E-state index contributed by atoms with van der Waals surface area (Å²) in [5.74, 6) is -0.178. The maximum absolute atomic E-state index is 12.8. The predicted octanol–water partition coefficient (Wildman–Crippen LogP) is 4.64. The van der Waals surface area contributed by atoms with Gasteiger partial charge in [-0.3, -0.25) is 10.2 Å². The third-order valence-electron chi connectivity index (χ3n) is 3.15. The summed E-state index contributed by atoms with van der Waals surface area (Å²) in [5.41, 5.74) is 3.02. The highest BCUT2D eigenvalue weighted by Gasteiger charge is 2.31. The Morgan fingerprint density at radius 3 is 2.41 bits per heavy atom. The summed E-state index contributed by atoms with van der Waals surface area (Å²) < 4.78 is 38.3. The Hall–Kier alpha value is -2.65. The van der Waals surface area contributed by atoms with Crippen LogP contribution in [-0.4, -0.2) is 17.2 Å². The molecular formula is C17H14ClF3N4OS. The molecule has 0 aliphatic carbocycles. The Bertz CT molecular complexity index is 869. The average molecular weight is 415 g/mol. The number of nitrogens with zero attached hydrogens (tertiary/aromatic N) is 1. The minimum atomic E-state index is -4.49. The number of carbonyl (C=O) groups is 1. The molecule has 0 aliphatic heterocycles. The third kappa shape index (κ3) is 6.54. The molecule has 2 rings (SSSR count). The minimum absolute atomic E-state index is 0.0128. The molecule has 27 heavy (non-hydrogen) atoms. The summed E-state index contributed by atoms with van der Waals surface area (Å²) in [7, 11) is 0. The van der Waals surface area contributed by atoms with Crippen LogP contribution < -0.4 is 16.1 Å². The largest absolute Gasteiger partial charge is 0.416 e. The fourth-order valence-electron chi connectivity index (χ4n) is 1.97. The van der Waals surface area contributed by atoms with Crippen molar-refractivity contribution in [3.8, 4) is 0 Å². The van der Waals surface area contributed by atoms with Gasteiger partial charge in [-0.15, -0.1) is 0 Å². The molecule has 0 heterocycles. The number of anilines is 2. The Morgan fingerprint density at radius 2 is 1.81 bits per heavy atom. The van der Waals surface area contributed by atoms with E-state index in [-0.39, 0.29) is 21.7 Å². The van der Waals surface area contributed by atoms with Crippen LogP contribution in [-0.2, 0) is 11.0 Å². The van der Waals surface area contributed by atoms with E-state index in [0.29, 0.717) is 5.69 Å². The lowest BCUT2D eigenvalue weighted by molar-refractivity contribution is -0.137. The second-order valence-electron chi connectivity index (χ2n) is 5.32. The summed E-state index contributed by atoms with van der Waals surface area (Å²) in [6.07, 6.45) is -3.03. The van der Waals surface area contributed by atoms with E-state index in [9.17, 15) is 18.0 Å². The van der Waals surface area contributed by atoms with E-state index in [1.54, 1.807) is 24.3 Å². The third-order valence-corrected chi connectivity index (χ3v) is 3.68. The summed E-state index contributed by atoms with van der Waals surface area (Å²) >= 11 is 10.9. The van der Waals surface area contributed by atoms with Crippen LogP contribution in [0.2, 0.25) is 5.02 Å². The highest BCUT2D eigenvalue weighted by molar-refractivity contribution is 7.80. The highest BCUT2D eigenvalue weighted by atomic mass is 35.5. The van der Waals surface area contributed by atoms with Gasteiger partial charge in [0.05, 0.1) is 22.5 Å². The zero-order valence-corrected chi connectivity index (χ0v) is 15.5. The van der Waals surface area contributed by atoms with E-state index < -0.39 is 11.7 Å². The number of hydrazone groups is 1. The average Bonchev–Trinajstić information content (AvgIpc) is 2.57. The standard InChI is InChI=1S/C17H14ClF3N4OS/c1-10(26)23-13-5-2-11(3-6-13)9-22-25-16(27)24-15-8-12(17(19,20)21)4-7-14(15)18/h2-9H,1H3,(H,23,26)(H2,24,25,27)/b22-9+. The molecule has 0 saturated heterocycles. The molecule has 1 amide bonds. The van der Waals surface area contributed by atoms with Crippen molar-refractivity contribution in [1.29, 1.82) is 0 Å². The molecule has 2 aromatic carbocycles. The van der Waals surface area contributed by atoms with Gasteiger partial charge in [-0.25, -0.2) is 0 Å². The van der Waals surface area contributed by atoms with Crippen LogP contribution in [0.5, 0.6) is 0 Å². The number of benzene rings is 2. The first-order chi connectivity index (χ1) is 12.6. The number of hydrogen-bond donors (Lipinski definition) is 3. The molecular weight excluding hydrogens is 401 g/mol. The van der Waals surface area contributed by atoms with Crippen LogP contribution in [0.25, 0.3) is 0 Å². The van der Waals surface area contributed by atoms with Crippen LogP contribution >= 0.6 is 23.8 Å². The molecule has 0 saturated carbocycles. The molecule has 0 fully saturated rings. The fraction of sp³-hybridized carbons (Fsp3) is 0.118. The molecule has 3 N–H and O–H groups in total. The quantitative estimate of drug-likeness (QED) is 0.387. The number of thiocarbonyl (C=S) groups is 1. The summed E-state index contributed by atoms with van der Waals surface area (Å²) in [6.45, 7) is 1.41. The first-order valence-corrected chi connectivity index (χ1v) is 8.28. The molecule has 0 aliphatic rings. The van der Waals surface area contributed by atoms with E-state index in [0.717, 1.165) is 23.8 Å². The summed E-state index contributed by atoms with van der Waals surface area (Å²) in [6, 6.07) is 9.71. The Kier molecular flexibility index (Phi) is 6.75. The van der Waals surface area contributed by atoms with Crippen LogP contribution in [0.15, 0.2) is 47.6 Å². The molecule has 0 aromatic heterocycles. The number of carbonyl (C=O) groups excluding carboxylic acids is 1. The van der Waals surface area contributed by atoms with Gasteiger partial charge in [-0.1, -0.05) is 23.7 Å². The van der Waals surface area contributed by atoms with E-state index in [2.05, 4.69) is 21.2 Å². The lowest BCUT2D eigenvalue weighted by atomic mass is 10.2. The normalized spacial score (nSPS) is 11.3. The first-order valence-electron chi connectivity index (χ1n) is 7.49. The van der Waals surface area contributed by atoms with Crippen LogP contribution in [0, 0.1) is 0 Å². The van der Waals surface area contributed by atoms with Crippen molar-refractivity contribution in [1.82, 2.24) is 5.43 Å². The van der Waals surface area contributed by atoms with Gasteiger partial charge >= 0.3 is 6.18 Å². The van der Waals surface area contributed by atoms with Gasteiger partial charge in [0.15, 0.2) is 5.11 Å². The molecule has 5 nitrogen and oxygen atoms in total. The van der Waals surface area contributed by atoms with Crippen molar-refractivity contribution in [2.45, 2.75) is 13.1 Å². The lowest BCUT2D eigenvalue weighted by Gasteiger charge is -2.12. The van der Waals surface area contributed by atoms with Crippen molar-refractivity contribution in [2.75, 3.05) is 10.6 Å². The van der Waals surface area contributed by atoms with E-state index in [1.165, 1.54) is 13.1 Å². The van der Waals surface area contributed by atoms with Crippen molar-refractivity contribution in [2.24, 2.45) is 5.10 Å². The predicted molar refractivity (Wildman–Crippen MR) is 104 cm³/mol. The number of amides is 1. The maximum atomic E-state index is 12.8. The second kappa shape index (κ2) is 8.83. The van der Waals surface area contributed by atoms with Crippen LogP contribution in [0.3, 0.4) is 0 Å². The zero-order chi connectivity index (χ0) is 20.0. The minimum Gasteiger partial charge on any atom is -0.330 e. The van der Waals surface area contributed by atoms with Crippen LogP contribution in [0.1, 0.15) is 18.1 Å². The second-order valence-corrected chi connectivity index (χ2v) is 6.14. The molecule has 142 valence electrons. The summed E-state index contributed by atoms with van der Waals surface area (Å²) in [4.78, 5) is 11.0. The Labute approximate surface area is 163 Å². The van der Waals surface area contributed by atoms with Crippen molar-refractivity contribution < 1.29 is 18.0 Å². The Morgan fingerprint density at radius 1 is 1.15 bits per heavy atom. The molecule has 2 aromatic rings. The molecule has 10 heteroatoms. The van der Waals surface area contributed by atoms with Gasteiger partial charge in [-0.2, -0.15) is 18.3 Å². The maximum Gasteiger partial charge on any atom is 0.416 e. The molecule has 0 bridgehead atoms. The van der Waals surface area contributed by atoms with E-state index in [1.807, 2.05) is 0 Å². The van der Waals surface area contributed by atoms with E-state index >= 15 is 0 Å². The van der Waals surface area contributed by atoms with E-state index in [4.69, 9.17) is 23.8 Å². The number of hydrogen-bond acceptors (Lipinski definition) is 3. The van der Waals surface area contributed by atoms with Gasteiger partial charge in [0, 0.05) is 12.6 Å². The SMILES string of the molecule is CC(=O)Nc1ccc(/C=N/NC(=S)Nc2cc(C(F)(F)F)ccc2Cl)cc1. The van der Waals surface area contributed by atoms with Crippen LogP contribution in [0.4, 0.5) is 24.5 Å². The van der Waals surface area contributed by atoms with Gasteiger partial charge in [0.1, 0.15) is 0 Å². The molecule has 0 unspecified atom stereocenters. The summed E-state index contributed by atoms with van der Waals surface area (Å²) in [5, 5.41) is 9.16. The molecule has 0 radical (unpaired) electrons. The zero-order valence-electron chi connectivity index (χ0n) is 13.9. The highest BCUT2D eigenvalue weighted by Crippen LogP contribution is 2.33. The van der Waals surface area contributed by atoms with Gasteiger partial charge in [0.25, 0.3) is 0 Å². The molecule has 0 atom stereocenters. The monoisotopic (exact) mass is 414 g/mol. The van der Waals surface area contributed by atoms with Crippen molar-refractivity contribution in [3.63, 3.8) is 0 Å². The fourth-order valence-corrected chi connectivity index (χ4v) is 2.30. The van der Waals surface area contributed by atoms with Gasteiger partial charge in [0.2, 0.25) is 5.91 Å². The molecule has 0 spiro atoms. The number of alkyl halides is 3. The Balaban J connectivity index is 1.96. The topological polar surface area (TPSA) is 65.5 Å². The lowest BCUT2D eigenvalue weighted by Crippen LogP contribution is -2.24.